The number of benzene rings is 1. The molecule has 0 amide bonds. The zero-order chi connectivity index (χ0) is 14.0. The predicted octanol–water partition coefficient (Wildman–Crippen LogP) is 3.95. The van der Waals surface area contributed by atoms with Gasteiger partial charge in [-0.05, 0) is 60.8 Å². The Hall–Kier alpha value is -0.520. The van der Waals surface area contributed by atoms with E-state index in [2.05, 4.69) is 21.2 Å². The van der Waals surface area contributed by atoms with E-state index in [1.54, 1.807) is 14.2 Å². The molecule has 1 N–H and O–H groups in total. The van der Waals surface area contributed by atoms with Crippen molar-refractivity contribution in [1.82, 2.24) is 5.32 Å². The lowest BCUT2D eigenvalue weighted by Crippen LogP contribution is -2.42. The minimum absolute atomic E-state index is 0.147. The SMILES string of the molecule is CNC(CC1(OC)CCC1)c1cc(F)c(Br)cc1F. The van der Waals surface area contributed by atoms with Gasteiger partial charge >= 0.3 is 0 Å². The summed E-state index contributed by atoms with van der Waals surface area (Å²) in [5.41, 5.74) is 0.162. The zero-order valence-corrected chi connectivity index (χ0v) is 12.7. The zero-order valence-electron chi connectivity index (χ0n) is 11.1. The van der Waals surface area contributed by atoms with Crippen LogP contribution < -0.4 is 5.32 Å². The van der Waals surface area contributed by atoms with Gasteiger partial charge in [0.1, 0.15) is 11.6 Å². The molecule has 0 saturated heterocycles. The van der Waals surface area contributed by atoms with Gasteiger partial charge in [0, 0.05) is 18.7 Å². The summed E-state index contributed by atoms with van der Waals surface area (Å²) in [7, 11) is 3.44. The van der Waals surface area contributed by atoms with E-state index in [1.165, 1.54) is 12.1 Å². The van der Waals surface area contributed by atoms with Crippen LogP contribution in [0, 0.1) is 11.6 Å². The number of nitrogens with one attached hydrogen (secondary N) is 1. The van der Waals surface area contributed by atoms with Gasteiger partial charge in [0.25, 0.3) is 0 Å². The van der Waals surface area contributed by atoms with Crippen molar-refractivity contribution >= 4 is 15.9 Å². The fraction of sp³-hybridized carbons (Fsp3) is 0.571. The molecule has 1 fully saturated rings. The lowest BCUT2D eigenvalue weighted by molar-refractivity contribution is -0.0836. The van der Waals surface area contributed by atoms with Crippen molar-refractivity contribution in [2.75, 3.05) is 14.2 Å². The van der Waals surface area contributed by atoms with E-state index in [9.17, 15) is 8.78 Å². The first-order valence-corrected chi connectivity index (χ1v) is 7.17. The Morgan fingerprint density at radius 1 is 1.37 bits per heavy atom. The maximum Gasteiger partial charge on any atom is 0.137 e. The summed E-state index contributed by atoms with van der Waals surface area (Å²) in [5, 5.41) is 3.06. The number of hydrogen-bond donors (Lipinski definition) is 1. The largest absolute Gasteiger partial charge is 0.378 e. The molecule has 5 heteroatoms. The van der Waals surface area contributed by atoms with Gasteiger partial charge in [0.2, 0.25) is 0 Å². The molecule has 19 heavy (non-hydrogen) atoms. The molecule has 2 rings (SSSR count). The minimum atomic E-state index is -0.447. The van der Waals surface area contributed by atoms with E-state index in [1.807, 2.05) is 0 Å². The maximum absolute atomic E-state index is 14.0. The molecule has 0 aromatic heterocycles. The standard InChI is InChI=1S/C14H18BrF2NO/c1-18-13(8-14(19-2)4-3-5-14)9-6-12(17)10(15)7-11(9)16/h6-7,13,18H,3-5,8H2,1-2H3. The molecule has 1 unspecified atom stereocenters. The topological polar surface area (TPSA) is 21.3 Å². The molecule has 2 nitrogen and oxygen atoms in total. The van der Waals surface area contributed by atoms with Crippen molar-refractivity contribution in [3.63, 3.8) is 0 Å². The van der Waals surface area contributed by atoms with Crippen molar-refractivity contribution in [2.24, 2.45) is 0 Å². The molecule has 0 aliphatic heterocycles. The van der Waals surface area contributed by atoms with E-state index < -0.39 is 11.6 Å². The van der Waals surface area contributed by atoms with Crippen LogP contribution >= 0.6 is 15.9 Å². The Labute approximate surface area is 120 Å². The number of halogens is 3. The summed E-state index contributed by atoms with van der Waals surface area (Å²) in [6.45, 7) is 0. The monoisotopic (exact) mass is 333 g/mol. The Balaban J connectivity index is 2.24. The van der Waals surface area contributed by atoms with Crippen LogP contribution in [0.5, 0.6) is 0 Å². The Morgan fingerprint density at radius 2 is 2.05 bits per heavy atom. The van der Waals surface area contributed by atoms with E-state index in [-0.39, 0.29) is 16.1 Å². The van der Waals surface area contributed by atoms with Gasteiger partial charge in [-0.15, -0.1) is 0 Å². The molecule has 1 atom stereocenters. The summed E-state index contributed by atoms with van der Waals surface area (Å²) in [6, 6.07) is 2.18. The van der Waals surface area contributed by atoms with Crippen molar-refractivity contribution in [3.8, 4) is 0 Å². The molecule has 1 aromatic carbocycles. The van der Waals surface area contributed by atoms with Crippen LogP contribution in [-0.4, -0.2) is 19.8 Å². The minimum Gasteiger partial charge on any atom is -0.378 e. The fourth-order valence-corrected chi connectivity index (χ4v) is 2.92. The molecule has 1 saturated carbocycles. The third kappa shape index (κ3) is 2.98. The van der Waals surface area contributed by atoms with Gasteiger partial charge in [0.15, 0.2) is 0 Å². The molecule has 106 valence electrons. The van der Waals surface area contributed by atoms with E-state index in [4.69, 9.17) is 4.74 Å². The molecule has 1 aliphatic rings. The van der Waals surface area contributed by atoms with Gasteiger partial charge in [-0.1, -0.05) is 0 Å². The second-order valence-corrected chi connectivity index (χ2v) is 5.93. The van der Waals surface area contributed by atoms with Crippen LogP contribution in [0.3, 0.4) is 0 Å². The van der Waals surface area contributed by atoms with Crippen LogP contribution in [0.2, 0.25) is 0 Å². The Bertz CT molecular complexity index is 457. The summed E-state index contributed by atoms with van der Waals surface area (Å²) < 4.78 is 33.3. The molecular weight excluding hydrogens is 316 g/mol. The lowest BCUT2D eigenvalue weighted by Gasteiger charge is -2.43. The van der Waals surface area contributed by atoms with Gasteiger partial charge in [-0.2, -0.15) is 0 Å². The predicted molar refractivity (Wildman–Crippen MR) is 74.1 cm³/mol. The summed E-state index contributed by atoms with van der Waals surface area (Å²) >= 11 is 2.99. The summed E-state index contributed by atoms with van der Waals surface area (Å²) in [5.74, 6) is -0.852. The van der Waals surface area contributed by atoms with E-state index in [0.29, 0.717) is 12.0 Å². The third-order valence-corrected chi connectivity index (χ3v) is 4.65. The van der Waals surface area contributed by atoms with Crippen LogP contribution in [-0.2, 0) is 4.74 Å². The average Bonchev–Trinajstić information content (AvgIpc) is 2.34. The van der Waals surface area contributed by atoms with Gasteiger partial charge in [-0.3, -0.25) is 0 Å². The third-order valence-electron chi connectivity index (χ3n) is 4.04. The number of methoxy groups -OCH3 is 1. The molecule has 0 spiro atoms. The summed E-state index contributed by atoms with van der Waals surface area (Å²) in [4.78, 5) is 0. The number of ether oxygens (including phenoxy) is 1. The second-order valence-electron chi connectivity index (χ2n) is 5.07. The van der Waals surface area contributed by atoms with Crippen molar-refractivity contribution in [2.45, 2.75) is 37.3 Å². The lowest BCUT2D eigenvalue weighted by atomic mass is 9.74. The first-order valence-electron chi connectivity index (χ1n) is 6.38. The first-order chi connectivity index (χ1) is 9.01. The van der Waals surface area contributed by atoms with E-state index in [0.717, 1.165) is 19.3 Å². The highest BCUT2D eigenvalue weighted by Crippen LogP contribution is 2.42. The van der Waals surface area contributed by atoms with Crippen molar-refractivity contribution in [1.29, 1.82) is 0 Å². The molecule has 1 aromatic rings. The summed E-state index contributed by atoms with van der Waals surface area (Å²) in [6.07, 6.45) is 3.73. The highest BCUT2D eigenvalue weighted by molar-refractivity contribution is 9.10. The maximum atomic E-state index is 14.0. The van der Waals surface area contributed by atoms with E-state index >= 15 is 0 Å². The second kappa shape index (κ2) is 5.85. The smallest absolute Gasteiger partial charge is 0.137 e. The fourth-order valence-electron chi connectivity index (χ4n) is 2.61. The van der Waals surface area contributed by atoms with Gasteiger partial charge in [-0.25, -0.2) is 8.78 Å². The highest BCUT2D eigenvalue weighted by atomic mass is 79.9. The molecule has 0 heterocycles. The average molecular weight is 334 g/mol. The number of hydrogen-bond acceptors (Lipinski definition) is 2. The van der Waals surface area contributed by atoms with Crippen LogP contribution in [0.4, 0.5) is 8.78 Å². The molecule has 1 aliphatic carbocycles. The molecular formula is C14H18BrF2NO. The quantitative estimate of drug-likeness (QED) is 0.824. The van der Waals surface area contributed by atoms with Crippen LogP contribution in [0.25, 0.3) is 0 Å². The van der Waals surface area contributed by atoms with Gasteiger partial charge < -0.3 is 10.1 Å². The normalized spacial score (nSPS) is 19.0. The Kier molecular flexibility index (Phi) is 4.58. The highest BCUT2D eigenvalue weighted by Gasteiger charge is 2.39. The number of rotatable bonds is 5. The van der Waals surface area contributed by atoms with Crippen molar-refractivity contribution in [3.05, 3.63) is 33.8 Å². The molecule has 0 bridgehead atoms. The van der Waals surface area contributed by atoms with Crippen molar-refractivity contribution < 1.29 is 13.5 Å². The first kappa shape index (κ1) is 14.9. The van der Waals surface area contributed by atoms with Crippen LogP contribution in [0.1, 0.15) is 37.3 Å². The van der Waals surface area contributed by atoms with Crippen LogP contribution in [0.15, 0.2) is 16.6 Å². The molecule has 0 radical (unpaired) electrons. The van der Waals surface area contributed by atoms with Gasteiger partial charge in [0.05, 0.1) is 10.1 Å². The Morgan fingerprint density at radius 3 is 2.53 bits per heavy atom.